The number of carbonyl (C=O) groups is 1. The predicted octanol–water partition coefficient (Wildman–Crippen LogP) is 5.28. The van der Waals surface area contributed by atoms with Crippen molar-refractivity contribution in [2.45, 2.75) is 51.1 Å². The highest BCUT2D eigenvalue weighted by Crippen LogP contribution is 2.66. The molecule has 2 aromatic rings. The second-order valence-electron chi connectivity index (χ2n) is 8.12. The molecule has 5 nitrogen and oxygen atoms in total. The van der Waals surface area contributed by atoms with Crippen molar-refractivity contribution in [3.05, 3.63) is 49.9 Å². The Bertz CT molecular complexity index is 1020. The Morgan fingerprint density at radius 2 is 1.72 bits per heavy atom. The number of nitrogens with zero attached hydrogens (tertiary/aromatic N) is 1. The Labute approximate surface area is 174 Å². The van der Waals surface area contributed by atoms with E-state index < -0.39 is 12.1 Å². The number of carboxylic acids is 1. The summed E-state index contributed by atoms with van der Waals surface area (Å²) in [7, 11) is 0. The van der Waals surface area contributed by atoms with Crippen molar-refractivity contribution in [1.82, 2.24) is 9.78 Å². The Kier molecular flexibility index (Phi) is 5.11. The van der Waals surface area contributed by atoms with Gasteiger partial charge in [0.1, 0.15) is 0 Å². The number of hydrogen-bond donors (Lipinski definition) is 2. The number of H-pyrrole nitrogens is 1. The van der Waals surface area contributed by atoms with E-state index in [0.29, 0.717) is 21.7 Å². The lowest BCUT2D eigenvalue weighted by Crippen LogP contribution is -2.33. The minimum atomic E-state index is -5.08. The Morgan fingerprint density at radius 1 is 1.21 bits per heavy atom. The van der Waals surface area contributed by atoms with Gasteiger partial charge in [-0.15, -0.1) is 0 Å². The average Bonchev–Trinajstić information content (AvgIpc) is 3.08. The number of hydrogen-bond acceptors (Lipinski definition) is 2. The maximum absolute atomic E-state index is 12.9. The van der Waals surface area contributed by atoms with Crippen molar-refractivity contribution in [3.8, 4) is 5.69 Å². The molecule has 0 saturated heterocycles. The van der Waals surface area contributed by atoms with Crippen LogP contribution >= 0.6 is 23.2 Å². The summed E-state index contributed by atoms with van der Waals surface area (Å²) in [6.45, 7) is 6.82. The van der Waals surface area contributed by atoms with Crippen LogP contribution in [-0.2, 0) is 10.2 Å². The van der Waals surface area contributed by atoms with Crippen LogP contribution < -0.4 is 5.56 Å². The molecule has 2 bridgehead atoms. The number of alkyl halides is 3. The maximum atomic E-state index is 12.9. The summed E-state index contributed by atoms with van der Waals surface area (Å²) in [5, 5.41) is 11.5. The van der Waals surface area contributed by atoms with Gasteiger partial charge in [0.05, 0.1) is 5.69 Å². The number of aliphatic carboxylic acids is 1. The van der Waals surface area contributed by atoms with Crippen molar-refractivity contribution in [1.29, 1.82) is 0 Å². The summed E-state index contributed by atoms with van der Waals surface area (Å²) in [4.78, 5) is 21.8. The van der Waals surface area contributed by atoms with Crippen LogP contribution in [-0.4, -0.2) is 27.0 Å². The van der Waals surface area contributed by atoms with E-state index >= 15 is 0 Å². The minimum Gasteiger partial charge on any atom is -0.475 e. The molecule has 0 radical (unpaired) electrons. The number of halogens is 5. The zero-order chi connectivity index (χ0) is 21.9. The molecule has 2 N–H and O–H groups in total. The first-order chi connectivity index (χ1) is 13.2. The molecule has 1 heterocycles. The number of rotatable bonds is 1. The van der Waals surface area contributed by atoms with Crippen LogP contribution in [0.2, 0.25) is 10.0 Å². The number of nitrogens with one attached hydrogen (secondary N) is 1. The SMILES string of the molecule is CC1(C)[C@@H]2CC[C@@]1(C)c1[nH]n(-c3cc(Cl)cc(Cl)c3)c(=O)c12.O=C(O)C(F)(F)F. The minimum absolute atomic E-state index is 0.0276. The van der Waals surface area contributed by atoms with Gasteiger partial charge in [-0.25, -0.2) is 9.48 Å². The van der Waals surface area contributed by atoms with Crippen LogP contribution in [0, 0.1) is 5.41 Å². The van der Waals surface area contributed by atoms with Crippen molar-refractivity contribution in [2.24, 2.45) is 5.41 Å². The summed E-state index contributed by atoms with van der Waals surface area (Å²) >= 11 is 12.2. The second kappa shape index (κ2) is 6.80. The molecule has 0 spiro atoms. The van der Waals surface area contributed by atoms with Crippen molar-refractivity contribution in [2.75, 3.05) is 0 Å². The summed E-state index contributed by atoms with van der Waals surface area (Å²) < 4.78 is 33.3. The van der Waals surface area contributed by atoms with E-state index in [4.69, 9.17) is 33.1 Å². The van der Waals surface area contributed by atoms with Gasteiger partial charge >= 0.3 is 12.1 Å². The van der Waals surface area contributed by atoms with Crippen molar-refractivity contribution in [3.63, 3.8) is 0 Å². The maximum Gasteiger partial charge on any atom is 0.490 e. The highest BCUT2D eigenvalue weighted by atomic mass is 35.5. The summed E-state index contributed by atoms with van der Waals surface area (Å²) in [5.41, 5.74) is 2.93. The fourth-order valence-electron chi connectivity index (χ4n) is 4.50. The topological polar surface area (TPSA) is 75.1 Å². The number of aromatic nitrogens is 2. The molecule has 2 atom stereocenters. The van der Waals surface area contributed by atoms with Gasteiger partial charge in [0, 0.05) is 26.7 Å². The summed E-state index contributed by atoms with van der Waals surface area (Å²) in [6, 6.07) is 5.19. The van der Waals surface area contributed by atoms with E-state index in [1.165, 1.54) is 0 Å². The average molecular weight is 451 g/mol. The van der Waals surface area contributed by atoms with Crippen LogP contribution in [0.25, 0.3) is 5.69 Å². The fraction of sp³-hybridized carbons (Fsp3) is 0.474. The number of fused-ring (bicyclic) bond motifs is 5. The van der Waals surface area contributed by atoms with Crippen LogP contribution in [0.4, 0.5) is 13.2 Å². The van der Waals surface area contributed by atoms with Gasteiger partial charge < -0.3 is 5.11 Å². The molecule has 2 aliphatic rings. The summed E-state index contributed by atoms with van der Waals surface area (Å²) in [6.07, 6.45) is -2.88. The number of benzene rings is 1. The second-order valence-corrected chi connectivity index (χ2v) is 8.99. The monoisotopic (exact) mass is 450 g/mol. The predicted molar refractivity (Wildman–Crippen MR) is 103 cm³/mol. The molecule has 29 heavy (non-hydrogen) atoms. The van der Waals surface area contributed by atoms with Crippen molar-refractivity contribution >= 4 is 29.2 Å². The molecule has 1 aromatic carbocycles. The van der Waals surface area contributed by atoms with Crippen LogP contribution in [0.5, 0.6) is 0 Å². The Balaban J connectivity index is 0.000000298. The molecule has 4 rings (SSSR count). The standard InChI is InChI=1S/C17H18Cl2N2O.C2HF3O2/c1-16(2)12-4-5-17(16,3)14-13(12)15(22)21(20-14)11-7-9(18)6-10(19)8-11;3-2(4,5)1(6)7/h6-8,12,20H,4-5H2,1-3H3;(H,6,7)/t12-,17+;/m1./s1. The largest absolute Gasteiger partial charge is 0.490 e. The highest BCUT2D eigenvalue weighted by molar-refractivity contribution is 6.34. The van der Waals surface area contributed by atoms with Crippen molar-refractivity contribution < 1.29 is 23.1 Å². The van der Waals surface area contributed by atoms with Crippen LogP contribution in [0.1, 0.15) is 50.8 Å². The third-order valence-electron chi connectivity index (χ3n) is 6.40. The quantitative estimate of drug-likeness (QED) is 0.620. The molecule has 0 amide bonds. The molecule has 1 saturated carbocycles. The van der Waals surface area contributed by atoms with Gasteiger partial charge in [-0.05, 0) is 42.4 Å². The molecule has 2 aliphatic carbocycles. The third-order valence-corrected chi connectivity index (χ3v) is 6.84. The highest BCUT2D eigenvalue weighted by Gasteiger charge is 2.61. The van der Waals surface area contributed by atoms with E-state index in [1.54, 1.807) is 22.9 Å². The normalized spacial score (nSPS) is 24.1. The van der Waals surface area contributed by atoms with Gasteiger partial charge in [-0.3, -0.25) is 9.89 Å². The molecule has 1 aromatic heterocycles. The molecule has 0 unspecified atom stereocenters. The molecule has 1 fully saturated rings. The summed E-state index contributed by atoms with van der Waals surface area (Å²) in [5.74, 6) is -2.43. The molecule has 158 valence electrons. The lowest BCUT2D eigenvalue weighted by Gasteiger charge is -2.34. The van der Waals surface area contributed by atoms with Gasteiger partial charge in [-0.1, -0.05) is 44.0 Å². The van der Waals surface area contributed by atoms with Gasteiger partial charge in [-0.2, -0.15) is 13.2 Å². The fourth-order valence-corrected chi connectivity index (χ4v) is 5.01. The zero-order valence-electron chi connectivity index (χ0n) is 15.8. The lowest BCUT2D eigenvalue weighted by atomic mass is 9.70. The first-order valence-electron chi connectivity index (χ1n) is 8.82. The molecular weight excluding hydrogens is 432 g/mol. The molecule has 0 aliphatic heterocycles. The number of aromatic amines is 1. The van der Waals surface area contributed by atoms with E-state index in [1.807, 2.05) is 0 Å². The van der Waals surface area contributed by atoms with Gasteiger partial charge in [0.25, 0.3) is 5.56 Å². The smallest absolute Gasteiger partial charge is 0.475 e. The molecular formula is C19H19Cl2F3N2O3. The van der Waals surface area contributed by atoms with E-state index in [9.17, 15) is 18.0 Å². The van der Waals surface area contributed by atoms with Crippen LogP contribution in [0.3, 0.4) is 0 Å². The zero-order valence-corrected chi connectivity index (χ0v) is 17.3. The number of carboxylic acid groups (broad SMARTS) is 1. The molecule has 10 heteroatoms. The first-order valence-corrected chi connectivity index (χ1v) is 9.57. The van der Waals surface area contributed by atoms with Gasteiger partial charge in [0.2, 0.25) is 0 Å². The van der Waals surface area contributed by atoms with E-state index in [0.717, 1.165) is 24.1 Å². The Morgan fingerprint density at radius 3 is 2.17 bits per heavy atom. The van der Waals surface area contributed by atoms with Crippen LogP contribution in [0.15, 0.2) is 23.0 Å². The Hall–Kier alpha value is -1.93. The third kappa shape index (κ3) is 3.36. The lowest BCUT2D eigenvalue weighted by molar-refractivity contribution is -0.192. The first kappa shape index (κ1) is 21.8. The van der Waals surface area contributed by atoms with Gasteiger partial charge in [0.15, 0.2) is 0 Å². The van der Waals surface area contributed by atoms with E-state index in [2.05, 4.69) is 25.9 Å². The van der Waals surface area contributed by atoms with E-state index in [-0.39, 0.29) is 16.4 Å².